The van der Waals surface area contributed by atoms with Crippen molar-refractivity contribution < 1.29 is 4.79 Å². The summed E-state index contributed by atoms with van der Waals surface area (Å²) in [5.74, 6) is 0.660. The number of nitrogens with two attached hydrogens (primary N) is 1. The number of benzene rings is 1. The molecule has 0 spiro atoms. The average Bonchev–Trinajstić information content (AvgIpc) is 3.11. The molecule has 3 N–H and O–H groups in total. The largest absolute Gasteiger partial charge is 0.352 e. The molecule has 1 aromatic heterocycles. The summed E-state index contributed by atoms with van der Waals surface area (Å²) < 4.78 is 1.28. The van der Waals surface area contributed by atoms with Crippen LogP contribution >= 0.6 is 23.7 Å². The number of carbonyl (C=O) groups is 1. The van der Waals surface area contributed by atoms with E-state index in [-0.39, 0.29) is 24.2 Å². The highest BCUT2D eigenvalue weighted by Crippen LogP contribution is 2.31. The fourth-order valence-corrected chi connectivity index (χ4v) is 4.11. The summed E-state index contributed by atoms with van der Waals surface area (Å²) >= 11 is 1.73. The molecule has 21 heavy (non-hydrogen) atoms. The molecular formula is C16H21ClN2OS. The first-order valence-electron chi connectivity index (χ1n) is 7.22. The van der Waals surface area contributed by atoms with E-state index in [2.05, 4.69) is 22.8 Å². The Morgan fingerprint density at radius 3 is 2.95 bits per heavy atom. The van der Waals surface area contributed by atoms with E-state index >= 15 is 0 Å². The van der Waals surface area contributed by atoms with Crippen molar-refractivity contribution in [2.24, 2.45) is 17.6 Å². The number of carbonyl (C=O) groups excluding carboxylic acids is 1. The molecule has 3 rings (SSSR count). The molecule has 114 valence electrons. The molecule has 0 radical (unpaired) electrons. The minimum Gasteiger partial charge on any atom is -0.352 e. The fourth-order valence-electron chi connectivity index (χ4n) is 3.15. The maximum absolute atomic E-state index is 12.3. The van der Waals surface area contributed by atoms with Crippen LogP contribution in [0, 0.1) is 11.8 Å². The van der Waals surface area contributed by atoms with Gasteiger partial charge in [-0.3, -0.25) is 4.79 Å². The molecule has 1 aliphatic rings. The Hall–Kier alpha value is -1.10. The van der Waals surface area contributed by atoms with E-state index in [1.165, 1.54) is 15.6 Å². The van der Waals surface area contributed by atoms with Gasteiger partial charge in [0.1, 0.15) is 0 Å². The lowest BCUT2D eigenvalue weighted by atomic mass is 9.95. The maximum atomic E-state index is 12.3. The lowest BCUT2D eigenvalue weighted by molar-refractivity contribution is -0.126. The molecule has 1 saturated carbocycles. The Labute approximate surface area is 135 Å². The minimum atomic E-state index is 0. The highest BCUT2D eigenvalue weighted by molar-refractivity contribution is 7.17. The van der Waals surface area contributed by atoms with E-state index in [1.807, 2.05) is 12.1 Å². The zero-order valence-electron chi connectivity index (χ0n) is 11.9. The van der Waals surface area contributed by atoms with Crippen molar-refractivity contribution >= 4 is 39.7 Å². The van der Waals surface area contributed by atoms with Crippen LogP contribution in [0.3, 0.4) is 0 Å². The molecule has 3 nitrogen and oxygen atoms in total. The van der Waals surface area contributed by atoms with Crippen LogP contribution in [0.15, 0.2) is 29.6 Å². The lowest BCUT2D eigenvalue weighted by Crippen LogP contribution is -2.34. The first-order valence-corrected chi connectivity index (χ1v) is 8.10. The minimum absolute atomic E-state index is 0. The van der Waals surface area contributed by atoms with Crippen LogP contribution in [0.1, 0.15) is 24.8 Å². The van der Waals surface area contributed by atoms with Gasteiger partial charge in [0.15, 0.2) is 0 Å². The average molecular weight is 325 g/mol. The van der Waals surface area contributed by atoms with Gasteiger partial charge < -0.3 is 11.1 Å². The van der Waals surface area contributed by atoms with Gasteiger partial charge in [-0.2, -0.15) is 0 Å². The Morgan fingerprint density at radius 2 is 2.14 bits per heavy atom. The molecule has 0 bridgehead atoms. The third-order valence-electron chi connectivity index (χ3n) is 4.31. The second-order valence-electron chi connectivity index (χ2n) is 5.51. The monoisotopic (exact) mass is 324 g/mol. The molecule has 2 aromatic rings. The van der Waals surface area contributed by atoms with E-state index in [0.717, 1.165) is 19.3 Å². The molecular weight excluding hydrogens is 304 g/mol. The van der Waals surface area contributed by atoms with E-state index in [9.17, 15) is 4.79 Å². The lowest BCUT2D eigenvalue weighted by Gasteiger charge is -2.17. The number of fused-ring (bicyclic) bond motifs is 1. The molecule has 1 heterocycles. The molecule has 0 aliphatic heterocycles. The quantitative estimate of drug-likeness (QED) is 0.906. The number of rotatable bonds is 4. The highest BCUT2D eigenvalue weighted by atomic mass is 35.5. The summed E-state index contributed by atoms with van der Waals surface area (Å²) in [5.41, 5.74) is 6.96. The van der Waals surface area contributed by atoms with E-state index in [1.54, 1.807) is 11.3 Å². The Bertz CT molecular complexity index is 613. The summed E-state index contributed by atoms with van der Waals surface area (Å²) in [7, 11) is 0. The Kier molecular flexibility index (Phi) is 5.62. The van der Waals surface area contributed by atoms with Gasteiger partial charge in [-0.1, -0.05) is 24.6 Å². The topological polar surface area (TPSA) is 55.1 Å². The van der Waals surface area contributed by atoms with Crippen molar-refractivity contribution in [3.63, 3.8) is 0 Å². The summed E-state index contributed by atoms with van der Waals surface area (Å²) in [6, 6.07) is 8.33. The van der Waals surface area contributed by atoms with Crippen LogP contribution in [0.4, 0.5) is 0 Å². The number of hydrogen-bond donors (Lipinski definition) is 2. The van der Waals surface area contributed by atoms with Crippen LogP contribution in [0.5, 0.6) is 0 Å². The zero-order chi connectivity index (χ0) is 13.9. The zero-order valence-corrected chi connectivity index (χ0v) is 13.5. The third-order valence-corrected chi connectivity index (χ3v) is 5.33. The SMILES string of the molecule is Cl.NC[C@H]1CCC[C@H]1C(=O)NCc1csc2ccccc12. The second kappa shape index (κ2) is 7.25. The smallest absolute Gasteiger partial charge is 0.223 e. The molecule has 1 aromatic carbocycles. The summed E-state index contributed by atoms with van der Waals surface area (Å²) in [4.78, 5) is 12.3. The third kappa shape index (κ3) is 3.39. The number of amides is 1. The van der Waals surface area contributed by atoms with Gasteiger partial charge in [0.2, 0.25) is 5.91 Å². The van der Waals surface area contributed by atoms with Crippen molar-refractivity contribution in [2.45, 2.75) is 25.8 Å². The van der Waals surface area contributed by atoms with Gasteiger partial charge in [-0.05, 0) is 47.7 Å². The van der Waals surface area contributed by atoms with Crippen molar-refractivity contribution in [1.82, 2.24) is 5.32 Å². The Morgan fingerprint density at radius 1 is 1.33 bits per heavy atom. The van der Waals surface area contributed by atoms with Crippen molar-refractivity contribution in [3.05, 3.63) is 35.2 Å². The predicted molar refractivity (Wildman–Crippen MR) is 90.8 cm³/mol. The van der Waals surface area contributed by atoms with Gasteiger partial charge in [-0.25, -0.2) is 0 Å². The molecule has 0 unspecified atom stereocenters. The number of thiophene rings is 1. The summed E-state index contributed by atoms with van der Waals surface area (Å²) in [6.45, 7) is 1.25. The van der Waals surface area contributed by atoms with E-state index in [0.29, 0.717) is 19.0 Å². The van der Waals surface area contributed by atoms with Crippen LogP contribution in [-0.4, -0.2) is 12.5 Å². The van der Waals surface area contributed by atoms with Crippen LogP contribution in [0.2, 0.25) is 0 Å². The van der Waals surface area contributed by atoms with Gasteiger partial charge in [0.25, 0.3) is 0 Å². The number of nitrogens with one attached hydrogen (secondary N) is 1. The molecule has 1 amide bonds. The van der Waals surface area contributed by atoms with Gasteiger partial charge >= 0.3 is 0 Å². The standard InChI is InChI=1S/C16H20N2OS.ClH/c17-8-11-4-3-6-14(11)16(19)18-9-12-10-20-15-7-2-1-5-13(12)15;/h1-2,5,7,10-11,14H,3-4,6,8-9,17H2,(H,18,19);1H/t11-,14-;/m1./s1. The van der Waals surface area contributed by atoms with Gasteiger partial charge in [0.05, 0.1) is 0 Å². The molecule has 5 heteroatoms. The van der Waals surface area contributed by atoms with Crippen LogP contribution in [0.25, 0.3) is 10.1 Å². The normalized spacial score (nSPS) is 21.2. The highest BCUT2D eigenvalue weighted by Gasteiger charge is 2.31. The maximum Gasteiger partial charge on any atom is 0.223 e. The first-order chi connectivity index (χ1) is 9.79. The molecule has 0 saturated heterocycles. The van der Waals surface area contributed by atoms with Crippen molar-refractivity contribution in [3.8, 4) is 0 Å². The predicted octanol–water partition coefficient (Wildman–Crippen LogP) is 3.31. The first kappa shape index (κ1) is 16.3. The van der Waals surface area contributed by atoms with Crippen molar-refractivity contribution in [1.29, 1.82) is 0 Å². The fraction of sp³-hybridized carbons (Fsp3) is 0.438. The summed E-state index contributed by atoms with van der Waals surface area (Å²) in [6.07, 6.45) is 3.20. The molecule has 1 aliphatic carbocycles. The number of halogens is 1. The van der Waals surface area contributed by atoms with Gasteiger partial charge in [0, 0.05) is 17.2 Å². The second-order valence-corrected chi connectivity index (χ2v) is 6.42. The van der Waals surface area contributed by atoms with Gasteiger partial charge in [-0.15, -0.1) is 23.7 Å². The van der Waals surface area contributed by atoms with Crippen molar-refractivity contribution in [2.75, 3.05) is 6.54 Å². The Balaban J connectivity index is 0.00000161. The van der Waals surface area contributed by atoms with E-state index in [4.69, 9.17) is 5.73 Å². The molecule has 2 atom stereocenters. The van der Waals surface area contributed by atoms with Crippen LogP contribution in [-0.2, 0) is 11.3 Å². The van der Waals surface area contributed by atoms with Crippen LogP contribution < -0.4 is 11.1 Å². The number of hydrogen-bond acceptors (Lipinski definition) is 3. The van der Waals surface area contributed by atoms with E-state index < -0.39 is 0 Å². The molecule has 1 fully saturated rings. The summed E-state index contributed by atoms with van der Waals surface area (Å²) in [5, 5.41) is 6.48.